The van der Waals surface area contributed by atoms with Gasteiger partial charge in [-0.15, -0.1) is 0 Å². The summed E-state index contributed by atoms with van der Waals surface area (Å²) in [5.41, 5.74) is 0. The number of likely N-dealkylation sites (tertiary alicyclic amines) is 1. The van der Waals surface area contributed by atoms with Crippen LogP contribution in [0.4, 0.5) is 0 Å². The highest BCUT2D eigenvalue weighted by atomic mass is 16.5. The number of imide groups is 1. The Kier molecular flexibility index (Phi) is 2.95. The number of amides is 2. The van der Waals surface area contributed by atoms with E-state index in [0.29, 0.717) is 18.8 Å². The second kappa shape index (κ2) is 4.40. The molecule has 86 valence electrons. The standard InChI is InChI=1S/C9H12N4O3/c1-13-8(14)4-6(9(13)15)10-3-2-7-11-5-16-12-7/h5-6,10H,2-4H2,1H3. The minimum absolute atomic E-state index is 0.151. The van der Waals surface area contributed by atoms with E-state index in [9.17, 15) is 9.59 Å². The quantitative estimate of drug-likeness (QED) is 0.657. The number of hydrogen-bond acceptors (Lipinski definition) is 6. The number of rotatable bonds is 4. The first-order valence-corrected chi connectivity index (χ1v) is 4.97. The van der Waals surface area contributed by atoms with E-state index in [2.05, 4.69) is 20.0 Å². The maximum atomic E-state index is 11.5. The summed E-state index contributed by atoms with van der Waals surface area (Å²) in [5.74, 6) is 0.248. The minimum Gasteiger partial charge on any atom is -0.343 e. The molecule has 2 rings (SSSR count). The molecule has 7 heteroatoms. The summed E-state index contributed by atoms with van der Waals surface area (Å²) in [6, 6.07) is -0.413. The Bertz CT molecular complexity index is 389. The van der Waals surface area contributed by atoms with E-state index in [-0.39, 0.29) is 18.2 Å². The average molecular weight is 224 g/mol. The first-order chi connectivity index (χ1) is 7.68. The predicted molar refractivity (Wildman–Crippen MR) is 52.2 cm³/mol. The van der Waals surface area contributed by atoms with Crippen molar-refractivity contribution in [2.45, 2.75) is 18.9 Å². The third-order valence-corrected chi connectivity index (χ3v) is 2.53. The van der Waals surface area contributed by atoms with Gasteiger partial charge in [0.1, 0.15) is 0 Å². The molecule has 0 spiro atoms. The van der Waals surface area contributed by atoms with Crippen LogP contribution in [0.15, 0.2) is 10.9 Å². The highest BCUT2D eigenvalue weighted by Crippen LogP contribution is 2.10. The van der Waals surface area contributed by atoms with Crippen molar-refractivity contribution < 1.29 is 14.1 Å². The van der Waals surface area contributed by atoms with Gasteiger partial charge in [0.2, 0.25) is 18.2 Å². The number of carbonyl (C=O) groups is 2. The summed E-state index contributed by atoms with van der Waals surface area (Å²) in [6.07, 6.45) is 2.05. The topological polar surface area (TPSA) is 88.3 Å². The van der Waals surface area contributed by atoms with Crippen LogP contribution >= 0.6 is 0 Å². The molecule has 1 aliphatic heterocycles. The van der Waals surface area contributed by atoms with Gasteiger partial charge in [0.05, 0.1) is 12.5 Å². The van der Waals surface area contributed by atoms with Gasteiger partial charge in [-0.2, -0.15) is 4.98 Å². The summed E-state index contributed by atoms with van der Waals surface area (Å²) in [5, 5.41) is 6.64. The summed E-state index contributed by atoms with van der Waals surface area (Å²) in [4.78, 5) is 27.7. The third-order valence-electron chi connectivity index (χ3n) is 2.53. The van der Waals surface area contributed by atoms with Crippen LogP contribution in [0.3, 0.4) is 0 Å². The monoisotopic (exact) mass is 224 g/mol. The number of likely N-dealkylation sites (N-methyl/N-ethyl adjacent to an activating group) is 1. The lowest BCUT2D eigenvalue weighted by atomic mass is 10.2. The lowest BCUT2D eigenvalue weighted by Crippen LogP contribution is -2.38. The van der Waals surface area contributed by atoms with Crippen molar-refractivity contribution in [3.63, 3.8) is 0 Å². The first-order valence-electron chi connectivity index (χ1n) is 4.97. The number of carbonyl (C=O) groups excluding carboxylic acids is 2. The molecule has 1 N–H and O–H groups in total. The van der Waals surface area contributed by atoms with Gasteiger partial charge >= 0.3 is 0 Å². The Balaban J connectivity index is 1.79. The number of hydrogen-bond donors (Lipinski definition) is 1. The molecule has 2 heterocycles. The second-order valence-electron chi connectivity index (χ2n) is 3.60. The number of nitrogens with zero attached hydrogens (tertiary/aromatic N) is 3. The van der Waals surface area contributed by atoms with Crippen LogP contribution in [-0.4, -0.2) is 46.5 Å². The molecule has 0 aromatic carbocycles. The van der Waals surface area contributed by atoms with Gasteiger partial charge in [-0.25, -0.2) is 0 Å². The lowest BCUT2D eigenvalue weighted by molar-refractivity contribution is -0.137. The van der Waals surface area contributed by atoms with Crippen LogP contribution in [0.1, 0.15) is 12.2 Å². The van der Waals surface area contributed by atoms with E-state index in [1.807, 2.05) is 0 Å². The minimum atomic E-state index is -0.413. The van der Waals surface area contributed by atoms with Crippen molar-refractivity contribution in [3.8, 4) is 0 Å². The first kappa shape index (κ1) is 10.7. The van der Waals surface area contributed by atoms with Gasteiger partial charge in [-0.3, -0.25) is 14.5 Å². The zero-order valence-corrected chi connectivity index (χ0v) is 8.84. The second-order valence-corrected chi connectivity index (χ2v) is 3.60. The van der Waals surface area contributed by atoms with Crippen LogP contribution < -0.4 is 5.32 Å². The fraction of sp³-hybridized carbons (Fsp3) is 0.556. The van der Waals surface area contributed by atoms with Crippen molar-refractivity contribution in [1.29, 1.82) is 0 Å². The molecule has 16 heavy (non-hydrogen) atoms. The van der Waals surface area contributed by atoms with Crippen molar-refractivity contribution >= 4 is 11.8 Å². The number of aromatic nitrogens is 2. The van der Waals surface area contributed by atoms with E-state index in [1.165, 1.54) is 13.4 Å². The van der Waals surface area contributed by atoms with Gasteiger partial charge in [-0.1, -0.05) is 5.16 Å². The van der Waals surface area contributed by atoms with Crippen molar-refractivity contribution in [2.24, 2.45) is 0 Å². The van der Waals surface area contributed by atoms with Crippen LogP contribution in [0, 0.1) is 0 Å². The Morgan fingerprint density at radius 2 is 2.44 bits per heavy atom. The predicted octanol–water partition coefficient (Wildman–Crippen LogP) is -1.04. The molecule has 0 radical (unpaired) electrons. The molecule has 0 aliphatic carbocycles. The highest BCUT2D eigenvalue weighted by molar-refractivity contribution is 6.05. The summed E-state index contributed by atoms with van der Waals surface area (Å²) in [6.45, 7) is 0.539. The van der Waals surface area contributed by atoms with E-state index in [0.717, 1.165) is 4.90 Å². The molecule has 0 saturated carbocycles. The molecule has 1 unspecified atom stereocenters. The van der Waals surface area contributed by atoms with E-state index < -0.39 is 6.04 Å². The van der Waals surface area contributed by atoms with Crippen molar-refractivity contribution in [3.05, 3.63) is 12.2 Å². The summed E-state index contributed by atoms with van der Waals surface area (Å²) in [7, 11) is 1.49. The number of nitrogens with one attached hydrogen (secondary N) is 1. The van der Waals surface area contributed by atoms with Gasteiger partial charge < -0.3 is 9.84 Å². The van der Waals surface area contributed by atoms with Gasteiger partial charge in [0.25, 0.3) is 0 Å². The maximum Gasteiger partial charge on any atom is 0.246 e. The molecule has 2 amide bonds. The highest BCUT2D eigenvalue weighted by Gasteiger charge is 2.35. The van der Waals surface area contributed by atoms with Crippen molar-refractivity contribution in [2.75, 3.05) is 13.6 Å². The molecule has 1 saturated heterocycles. The zero-order chi connectivity index (χ0) is 11.5. The van der Waals surface area contributed by atoms with E-state index in [4.69, 9.17) is 0 Å². The molecular weight excluding hydrogens is 212 g/mol. The van der Waals surface area contributed by atoms with Gasteiger partial charge in [-0.05, 0) is 0 Å². The molecule has 1 fully saturated rings. The van der Waals surface area contributed by atoms with Crippen LogP contribution in [0.25, 0.3) is 0 Å². The Morgan fingerprint density at radius 1 is 1.62 bits per heavy atom. The molecule has 0 bridgehead atoms. The molecule has 1 aromatic rings. The molecular formula is C9H12N4O3. The van der Waals surface area contributed by atoms with E-state index >= 15 is 0 Å². The van der Waals surface area contributed by atoms with Crippen LogP contribution in [0.2, 0.25) is 0 Å². The van der Waals surface area contributed by atoms with Crippen LogP contribution in [0.5, 0.6) is 0 Å². The Morgan fingerprint density at radius 3 is 3.00 bits per heavy atom. The van der Waals surface area contributed by atoms with Gasteiger partial charge in [0, 0.05) is 20.0 Å². The summed E-state index contributed by atoms with van der Waals surface area (Å²) >= 11 is 0. The SMILES string of the molecule is CN1C(=O)CC(NCCc2ncon2)C1=O. The van der Waals surface area contributed by atoms with Crippen molar-refractivity contribution in [1.82, 2.24) is 20.4 Å². The fourth-order valence-corrected chi connectivity index (χ4v) is 1.58. The molecule has 1 aromatic heterocycles. The Labute approximate surface area is 91.8 Å². The zero-order valence-electron chi connectivity index (χ0n) is 8.84. The van der Waals surface area contributed by atoms with E-state index in [1.54, 1.807) is 0 Å². The Hall–Kier alpha value is -1.76. The largest absolute Gasteiger partial charge is 0.343 e. The molecule has 1 atom stereocenters. The maximum absolute atomic E-state index is 11.5. The third kappa shape index (κ3) is 2.08. The summed E-state index contributed by atoms with van der Waals surface area (Å²) < 4.78 is 4.57. The molecule has 7 nitrogen and oxygen atoms in total. The normalized spacial score (nSPS) is 20.8. The average Bonchev–Trinajstić information content (AvgIpc) is 2.85. The molecule has 1 aliphatic rings. The van der Waals surface area contributed by atoms with Gasteiger partial charge in [0.15, 0.2) is 5.82 Å². The smallest absolute Gasteiger partial charge is 0.246 e. The fourth-order valence-electron chi connectivity index (χ4n) is 1.58. The van der Waals surface area contributed by atoms with Crippen LogP contribution in [-0.2, 0) is 16.0 Å². The lowest BCUT2D eigenvalue weighted by Gasteiger charge is -2.09.